The van der Waals surface area contributed by atoms with Gasteiger partial charge in [0.1, 0.15) is 0 Å². The van der Waals surface area contributed by atoms with Gasteiger partial charge in [0.25, 0.3) is 0 Å². The predicted octanol–water partition coefficient (Wildman–Crippen LogP) is 2.70. The van der Waals surface area contributed by atoms with Gasteiger partial charge < -0.3 is 0 Å². The molecule has 1 aromatic carbocycles. The Kier molecular flexibility index (Phi) is 1.51. The average Bonchev–Trinajstić information content (AvgIpc) is 2.73. The first kappa shape index (κ1) is 8.29. The van der Waals surface area contributed by atoms with Crippen LogP contribution in [0.4, 0.5) is 0 Å². The molecule has 0 aliphatic carbocycles. The minimum Gasteiger partial charge on any atom is -0.286 e. The Morgan fingerprint density at radius 1 is 1.27 bits per heavy atom. The third kappa shape index (κ3) is 0.973. The fourth-order valence-electron chi connectivity index (χ4n) is 1.99. The quantitative estimate of drug-likeness (QED) is 0.588. The molecule has 0 fully saturated rings. The van der Waals surface area contributed by atoms with Gasteiger partial charge in [-0.25, -0.2) is 4.98 Å². The summed E-state index contributed by atoms with van der Waals surface area (Å²) in [5.74, 6) is 0.920. The van der Waals surface area contributed by atoms with Crippen LogP contribution in [0.25, 0.3) is 23.0 Å². The summed E-state index contributed by atoms with van der Waals surface area (Å²) in [6, 6.07) is 8.21. The number of fused-ring (bicyclic) bond motifs is 3. The lowest BCUT2D eigenvalue weighted by Gasteiger charge is -1.94. The molecule has 0 saturated carbocycles. The molecular formula is C12H11N3. The van der Waals surface area contributed by atoms with Crippen molar-refractivity contribution in [1.82, 2.24) is 14.0 Å². The molecular weight excluding hydrogens is 186 g/mol. The van der Waals surface area contributed by atoms with Gasteiger partial charge in [0, 0.05) is 12.4 Å². The molecule has 0 aliphatic heterocycles. The van der Waals surface area contributed by atoms with E-state index in [9.17, 15) is 0 Å². The molecule has 74 valence electrons. The van der Waals surface area contributed by atoms with Crippen LogP contribution in [0.15, 0.2) is 37.0 Å². The second-order valence-corrected chi connectivity index (χ2v) is 3.59. The van der Waals surface area contributed by atoms with E-state index in [1.807, 2.05) is 29.8 Å². The van der Waals surface area contributed by atoms with Gasteiger partial charge in [-0.2, -0.15) is 0 Å². The highest BCUT2D eigenvalue weighted by atomic mass is 15.2. The van der Waals surface area contributed by atoms with Crippen molar-refractivity contribution in [2.24, 2.45) is 0 Å². The van der Waals surface area contributed by atoms with Gasteiger partial charge >= 0.3 is 0 Å². The molecule has 2 aromatic heterocycles. The maximum absolute atomic E-state index is 4.48. The zero-order valence-corrected chi connectivity index (χ0v) is 8.51. The molecule has 3 rings (SSSR count). The van der Waals surface area contributed by atoms with E-state index in [-0.39, 0.29) is 0 Å². The number of nitrogens with zero attached hydrogens (tertiary/aromatic N) is 3. The summed E-state index contributed by atoms with van der Waals surface area (Å²) < 4.78 is 4.09. The highest BCUT2D eigenvalue weighted by Gasteiger charge is 2.09. The Morgan fingerprint density at radius 2 is 2.00 bits per heavy atom. The summed E-state index contributed by atoms with van der Waals surface area (Å²) in [6.07, 6.45) is 3.84. The highest BCUT2D eigenvalue weighted by molar-refractivity contribution is 5.83. The van der Waals surface area contributed by atoms with Crippen LogP contribution in [0, 0.1) is 6.92 Å². The summed E-state index contributed by atoms with van der Waals surface area (Å²) in [5, 5.41) is 0. The largest absolute Gasteiger partial charge is 0.286 e. The lowest BCUT2D eigenvalue weighted by molar-refractivity contribution is 1.16. The monoisotopic (exact) mass is 197 g/mol. The van der Waals surface area contributed by atoms with Crippen molar-refractivity contribution >= 4 is 23.0 Å². The van der Waals surface area contributed by atoms with Crippen LogP contribution < -0.4 is 0 Å². The topological polar surface area (TPSA) is 22.2 Å². The fraction of sp³-hybridized carbons (Fsp3) is 0.0833. The first-order valence-corrected chi connectivity index (χ1v) is 4.88. The Balaban J connectivity index is 2.64. The number of hydrogen-bond donors (Lipinski definition) is 0. The van der Waals surface area contributed by atoms with Gasteiger partial charge in [0.15, 0.2) is 0 Å². The molecule has 0 unspecified atom stereocenters. The molecule has 0 radical (unpaired) electrons. The Hall–Kier alpha value is -2.03. The molecule has 0 atom stereocenters. The number of benzene rings is 1. The summed E-state index contributed by atoms with van der Waals surface area (Å²) in [5.41, 5.74) is 3.31. The van der Waals surface area contributed by atoms with E-state index < -0.39 is 0 Å². The van der Waals surface area contributed by atoms with Crippen molar-refractivity contribution in [2.75, 3.05) is 0 Å². The third-order valence-electron chi connectivity index (χ3n) is 2.61. The van der Waals surface area contributed by atoms with Gasteiger partial charge in [-0.05, 0) is 19.1 Å². The van der Waals surface area contributed by atoms with Crippen molar-refractivity contribution in [3.8, 4) is 0 Å². The molecule has 3 nitrogen and oxygen atoms in total. The van der Waals surface area contributed by atoms with Crippen LogP contribution in [0.2, 0.25) is 0 Å². The van der Waals surface area contributed by atoms with Crippen LogP contribution in [-0.2, 0) is 0 Å². The fourth-order valence-corrected chi connectivity index (χ4v) is 1.99. The SMILES string of the molecule is C=Cn1c2ccccc2n2cc(C)nc12. The van der Waals surface area contributed by atoms with Gasteiger partial charge in [-0.15, -0.1) is 0 Å². The summed E-state index contributed by atoms with van der Waals surface area (Å²) in [7, 11) is 0. The first-order valence-electron chi connectivity index (χ1n) is 4.88. The molecule has 0 amide bonds. The normalized spacial score (nSPS) is 11.3. The number of para-hydroxylation sites is 2. The van der Waals surface area contributed by atoms with Gasteiger partial charge in [-0.3, -0.25) is 8.97 Å². The molecule has 0 N–H and O–H groups in total. The number of rotatable bonds is 1. The lowest BCUT2D eigenvalue weighted by atomic mass is 10.3. The molecule has 3 heteroatoms. The molecule has 3 aromatic rings. The minimum absolute atomic E-state index is 0.920. The summed E-state index contributed by atoms with van der Waals surface area (Å²) in [6.45, 7) is 5.82. The number of imidazole rings is 2. The number of aryl methyl sites for hydroxylation is 1. The Morgan fingerprint density at radius 3 is 2.73 bits per heavy atom. The Labute approximate surface area is 87.3 Å². The number of hydrogen-bond acceptors (Lipinski definition) is 1. The van der Waals surface area contributed by atoms with Crippen molar-refractivity contribution in [1.29, 1.82) is 0 Å². The van der Waals surface area contributed by atoms with E-state index >= 15 is 0 Å². The second-order valence-electron chi connectivity index (χ2n) is 3.59. The van der Waals surface area contributed by atoms with E-state index in [2.05, 4.69) is 28.1 Å². The van der Waals surface area contributed by atoms with E-state index in [1.54, 1.807) is 6.20 Å². The van der Waals surface area contributed by atoms with E-state index in [1.165, 1.54) is 0 Å². The Bertz CT molecular complexity index is 658. The van der Waals surface area contributed by atoms with Crippen molar-refractivity contribution in [2.45, 2.75) is 6.92 Å². The van der Waals surface area contributed by atoms with Crippen LogP contribution in [-0.4, -0.2) is 14.0 Å². The zero-order valence-electron chi connectivity index (χ0n) is 8.51. The van der Waals surface area contributed by atoms with Crippen LogP contribution in [0.1, 0.15) is 5.69 Å². The maximum atomic E-state index is 4.48. The molecule has 0 bridgehead atoms. The standard InChI is InChI=1S/C12H11N3/c1-3-14-10-6-4-5-7-11(10)15-8-9(2)13-12(14)15/h3-8H,1H2,2H3. The molecule has 0 saturated heterocycles. The predicted molar refractivity (Wildman–Crippen MR) is 61.8 cm³/mol. The molecule has 0 spiro atoms. The number of aromatic nitrogens is 3. The van der Waals surface area contributed by atoms with Gasteiger partial charge in [0.2, 0.25) is 5.78 Å². The second kappa shape index (κ2) is 2.73. The molecule has 15 heavy (non-hydrogen) atoms. The van der Waals surface area contributed by atoms with Crippen LogP contribution in [0.3, 0.4) is 0 Å². The lowest BCUT2D eigenvalue weighted by Crippen LogP contribution is -1.86. The minimum atomic E-state index is 0.920. The summed E-state index contributed by atoms with van der Waals surface area (Å²) >= 11 is 0. The molecule has 2 heterocycles. The zero-order chi connectivity index (χ0) is 10.4. The van der Waals surface area contributed by atoms with Gasteiger partial charge in [0.05, 0.1) is 16.7 Å². The molecule has 0 aliphatic rings. The summed E-state index contributed by atoms with van der Waals surface area (Å²) in [4.78, 5) is 4.48. The van der Waals surface area contributed by atoms with Crippen LogP contribution in [0.5, 0.6) is 0 Å². The van der Waals surface area contributed by atoms with Crippen LogP contribution >= 0.6 is 0 Å². The van der Waals surface area contributed by atoms with E-state index in [0.717, 1.165) is 22.5 Å². The first-order chi connectivity index (χ1) is 7.31. The highest BCUT2D eigenvalue weighted by Crippen LogP contribution is 2.20. The van der Waals surface area contributed by atoms with Crippen molar-refractivity contribution in [3.05, 3.63) is 42.7 Å². The van der Waals surface area contributed by atoms with Crippen molar-refractivity contribution < 1.29 is 0 Å². The van der Waals surface area contributed by atoms with E-state index in [0.29, 0.717) is 0 Å². The van der Waals surface area contributed by atoms with Gasteiger partial charge in [-0.1, -0.05) is 18.7 Å². The average molecular weight is 197 g/mol. The van der Waals surface area contributed by atoms with Crippen molar-refractivity contribution in [3.63, 3.8) is 0 Å². The third-order valence-corrected chi connectivity index (χ3v) is 2.61. The maximum Gasteiger partial charge on any atom is 0.219 e. The smallest absolute Gasteiger partial charge is 0.219 e. The van der Waals surface area contributed by atoms with E-state index in [4.69, 9.17) is 0 Å².